The molecular formula is C13H15NO3. The summed E-state index contributed by atoms with van der Waals surface area (Å²) >= 11 is 0. The summed E-state index contributed by atoms with van der Waals surface area (Å²) in [6, 6.07) is 6.62. The molecule has 90 valence electrons. The van der Waals surface area contributed by atoms with Crippen molar-refractivity contribution in [1.82, 2.24) is 0 Å². The molecule has 1 aromatic rings. The summed E-state index contributed by atoms with van der Waals surface area (Å²) in [6.07, 6.45) is 5.51. The number of esters is 1. The van der Waals surface area contributed by atoms with Gasteiger partial charge in [0.2, 0.25) is 0 Å². The molecule has 0 aromatic heterocycles. The van der Waals surface area contributed by atoms with E-state index >= 15 is 0 Å². The molecule has 1 aromatic carbocycles. The zero-order valence-corrected chi connectivity index (χ0v) is 9.68. The predicted octanol–water partition coefficient (Wildman–Crippen LogP) is 0.741. The molecule has 0 aliphatic carbocycles. The predicted molar refractivity (Wildman–Crippen MR) is 64.5 cm³/mol. The van der Waals surface area contributed by atoms with Gasteiger partial charge in [-0.05, 0) is 24.1 Å². The molecule has 0 saturated heterocycles. The highest BCUT2D eigenvalue weighted by atomic mass is 16.5. The molecule has 0 saturated carbocycles. The highest BCUT2D eigenvalue weighted by Gasteiger charge is 2.13. The number of hydrogen-bond donors (Lipinski definition) is 1. The number of ether oxygens (including phenoxy) is 2. The van der Waals surface area contributed by atoms with E-state index in [1.807, 2.05) is 12.1 Å². The SMILES string of the molecule is C#CCOc1ccc(C[C@@H](N)C(=O)OC)cc1. The molecule has 17 heavy (non-hydrogen) atoms. The molecule has 0 aliphatic heterocycles. The standard InChI is InChI=1S/C13H15NO3/c1-3-8-17-11-6-4-10(5-7-11)9-12(14)13(15)16-2/h1,4-7,12H,8-9,14H2,2H3/t12-/m1/s1. The minimum atomic E-state index is -0.641. The van der Waals surface area contributed by atoms with Gasteiger partial charge in [-0.3, -0.25) is 4.79 Å². The van der Waals surface area contributed by atoms with E-state index in [-0.39, 0.29) is 6.61 Å². The first kappa shape index (κ1) is 13.1. The van der Waals surface area contributed by atoms with Crippen LogP contribution in [-0.4, -0.2) is 25.7 Å². The zero-order chi connectivity index (χ0) is 12.7. The summed E-state index contributed by atoms with van der Waals surface area (Å²) in [6.45, 7) is 0.237. The van der Waals surface area contributed by atoms with Crippen molar-refractivity contribution in [2.45, 2.75) is 12.5 Å². The first-order valence-electron chi connectivity index (χ1n) is 5.16. The lowest BCUT2D eigenvalue weighted by atomic mass is 10.1. The van der Waals surface area contributed by atoms with Crippen LogP contribution in [-0.2, 0) is 16.0 Å². The van der Waals surface area contributed by atoms with Gasteiger partial charge in [0.15, 0.2) is 0 Å². The molecule has 0 unspecified atom stereocenters. The number of carbonyl (C=O) groups is 1. The van der Waals surface area contributed by atoms with Crippen LogP contribution >= 0.6 is 0 Å². The molecule has 1 atom stereocenters. The smallest absolute Gasteiger partial charge is 0.322 e. The Labute approximate surface area is 101 Å². The van der Waals surface area contributed by atoms with E-state index in [4.69, 9.17) is 16.9 Å². The van der Waals surface area contributed by atoms with Gasteiger partial charge in [0.05, 0.1) is 7.11 Å². The van der Waals surface area contributed by atoms with Crippen molar-refractivity contribution in [3.05, 3.63) is 29.8 Å². The van der Waals surface area contributed by atoms with Crippen LogP contribution in [0.15, 0.2) is 24.3 Å². The van der Waals surface area contributed by atoms with Crippen LogP contribution in [0.25, 0.3) is 0 Å². The number of methoxy groups -OCH3 is 1. The van der Waals surface area contributed by atoms with Crippen LogP contribution in [0.3, 0.4) is 0 Å². The Morgan fingerprint density at radius 2 is 2.12 bits per heavy atom. The number of hydrogen-bond acceptors (Lipinski definition) is 4. The number of benzene rings is 1. The van der Waals surface area contributed by atoms with Crippen LogP contribution in [0.2, 0.25) is 0 Å². The van der Waals surface area contributed by atoms with Gasteiger partial charge >= 0.3 is 5.97 Å². The molecule has 0 spiro atoms. The Kier molecular flexibility index (Phi) is 5.05. The van der Waals surface area contributed by atoms with Crippen molar-refractivity contribution in [3.63, 3.8) is 0 Å². The number of rotatable bonds is 5. The second-order valence-electron chi connectivity index (χ2n) is 3.47. The molecule has 0 aliphatic rings. The molecule has 0 amide bonds. The van der Waals surface area contributed by atoms with E-state index in [0.29, 0.717) is 12.2 Å². The number of carbonyl (C=O) groups excluding carboxylic acids is 1. The van der Waals surface area contributed by atoms with Gasteiger partial charge in [0.25, 0.3) is 0 Å². The molecule has 4 nitrogen and oxygen atoms in total. The second-order valence-corrected chi connectivity index (χ2v) is 3.47. The number of nitrogens with two attached hydrogens (primary N) is 1. The van der Waals surface area contributed by atoms with Gasteiger partial charge in [-0.2, -0.15) is 0 Å². The topological polar surface area (TPSA) is 61.5 Å². The third-order valence-electron chi connectivity index (χ3n) is 2.21. The lowest BCUT2D eigenvalue weighted by Gasteiger charge is -2.09. The highest BCUT2D eigenvalue weighted by molar-refractivity contribution is 5.75. The average Bonchev–Trinajstić information content (AvgIpc) is 2.37. The maximum atomic E-state index is 11.1. The molecule has 2 N–H and O–H groups in total. The molecule has 0 bridgehead atoms. The van der Waals surface area contributed by atoms with E-state index in [9.17, 15) is 4.79 Å². The molecule has 0 fully saturated rings. The van der Waals surface area contributed by atoms with E-state index in [2.05, 4.69) is 10.7 Å². The van der Waals surface area contributed by atoms with Crippen molar-refractivity contribution in [2.24, 2.45) is 5.73 Å². The lowest BCUT2D eigenvalue weighted by molar-refractivity contribution is -0.142. The minimum Gasteiger partial charge on any atom is -0.481 e. The Balaban J connectivity index is 2.56. The van der Waals surface area contributed by atoms with Gasteiger partial charge < -0.3 is 15.2 Å². The van der Waals surface area contributed by atoms with E-state index < -0.39 is 12.0 Å². The fraction of sp³-hybridized carbons (Fsp3) is 0.308. The van der Waals surface area contributed by atoms with Crippen molar-refractivity contribution in [1.29, 1.82) is 0 Å². The summed E-state index contributed by atoms with van der Waals surface area (Å²) in [5.41, 5.74) is 6.59. The van der Waals surface area contributed by atoms with E-state index in [1.165, 1.54) is 7.11 Å². The Hall–Kier alpha value is -1.99. The first-order chi connectivity index (χ1) is 8.17. The third-order valence-corrected chi connectivity index (χ3v) is 2.21. The Morgan fingerprint density at radius 3 is 2.65 bits per heavy atom. The van der Waals surface area contributed by atoms with Crippen molar-refractivity contribution in [3.8, 4) is 18.1 Å². The molecule has 0 heterocycles. The normalized spacial score (nSPS) is 11.4. The van der Waals surface area contributed by atoms with Gasteiger partial charge in [0.1, 0.15) is 18.4 Å². The van der Waals surface area contributed by atoms with Crippen LogP contribution in [0, 0.1) is 12.3 Å². The quantitative estimate of drug-likeness (QED) is 0.602. The second kappa shape index (κ2) is 6.56. The Morgan fingerprint density at radius 1 is 1.47 bits per heavy atom. The fourth-order valence-corrected chi connectivity index (χ4v) is 1.34. The zero-order valence-electron chi connectivity index (χ0n) is 9.68. The summed E-state index contributed by atoms with van der Waals surface area (Å²) < 4.78 is 9.78. The van der Waals surface area contributed by atoms with Gasteiger partial charge in [-0.25, -0.2) is 0 Å². The van der Waals surface area contributed by atoms with Crippen LogP contribution < -0.4 is 10.5 Å². The van der Waals surface area contributed by atoms with Crippen LogP contribution in [0.5, 0.6) is 5.75 Å². The first-order valence-corrected chi connectivity index (χ1v) is 5.16. The highest BCUT2D eigenvalue weighted by Crippen LogP contribution is 2.13. The average molecular weight is 233 g/mol. The number of terminal acetylenes is 1. The fourth-order valence-electron chi connectivity index (χ4n) is 1.34. The van der Waals surface area contributed by atoms with Gasteiger partial charge in [-0.1, -0.05) is 18.1 Å². The molecule has 0 radical (unpaired) electrons. The maximum absolute atomic E-state index is 11.1. The molecular weight excluding hydrogens is 218 g/mol. The molecule has 1 rings (SSSR count). The summed E-state index contributed by atoms with van der Waals surface area (Å²) in [7, 11) is 1.32. The monoisotopic (exact) mass is 233 g/mol. The summed E-state index contributed by atoms with van der Waals surface area (Å²) in [5.74, 6) is 2.66. The van der Waals surface area contributed by atoms with Crippen LogP contribution in [0.1, 0.15) is 5.56 Å². The minimum absolute atomic E-state index is 0.237. The maximum Gasteiger partial charge on any atom is 0.322 e. The molecule has 4 heteroatoms. The summed E-state index contributed by atoms with van der Waals surface area (Å²) in [5, 5.41) is 0. The van der Waals surface area contributed by atoms with Crippen molar-refractivity contribution >= 4 is 5.97 Å². The van der Waals surface area contributed by atoms with Crippen molar-refractivity contribution in [2.75, 3.05) is 13.7 Å². The van der Waals surface area contributed by atoms with Crippen LogP contribution in [0.4, 0.5) is 0 Å². The Bertz CT molecular complexity index is 406. The van der Waals surface area contributed by atoms with Gasteiger partial charge in [-0.15, -0.1) is 6.42 Å². The largest absolute Gasteiger partial charge is 0.481 e. The van der Waals surface area contributed by atoms with Gasteiger partial charge in [0, 0.05) is 0 Å². The van der Waals surface area contributed by atoms with E-state index in [1.54, 1.807) is 12.1 Å². The third kappa shape index (κ3) is 4.17. The van der Waals surface area contributed by atoms with Crippen molar-refractivity contribution < 1.29 is 14.3 Å². The van der Waals surface area contributed by atoms with E-state index in [0.717, 1.165) is 5.56 Å². The lowest BCUT2D eigenvalue weighted by Crippen LogP contribution is -2.33. The summed E-state index contributed by atoms with van der Waals surface area (Å²) in [4.78, 5) is 11.1.